The molecular formula is C49H40N4. The van der Waals surface area contributed by atoms with Gasteiger partial charge >= 0.3 is 0 Å². The second-order valence-electron chi connectivity index (χ2n) is 15.0. The SMILES string of the molecule is CN1C(c2ccccc2)N=C(c2ccccc2)NC1c1cccc(-n2c3ccc(-c4ccccc4)cc3c3cc4c(cc32)-c2ccccc2C4(C)C)c1. The van der Waals surface area contributed by atoms with Crippen molar-refractivity contribution in [1.82, 2.24) is 14.8 Å². The van der Waals surface area contributed by atoms with Gasteiger partial charge in [0, 0.05) is 27.4 Å². The van der Waals surface area contributed by atoms with Crippen molar-refractivity contribution >= 4 is 27.6 Å². The Bertz CT molecular complexity index is 2690. The zero-order chi connectivity index (χ0) is 35.7. The van der Waals surface area contributed by atoms with E-state index in [9.17, 15) is 0 Å². The van der Waals surface area contributed by atoms with Crippen LogP contribution in [0.5, 0.6) is 0 Å². The van der Waals surface area contributed by atoms with Gasteiger partial charge in [-0.1, -0.05) is 147 Å². The molecule has 0 bridgehead atoms. The van der Waals surface area contributed by atoms with Crippen molar-refractivity contribution in [2.75, 3.05) is 7.05 Å². The van der Waals surface area contributed by atoms with Crippen LogP contribution in [0.1, 0.15) is 54.0 Å². The lowest BCUT2D eigenvalue weighted by Gasteiger charge is -2.39. The number of hydrogen-bond acceptors (Lipinski definition) is 3. The Hall–Kier alpha value is -6.23. The van der Waals surface area contributed by atoms with Gasteiger partial charge in [-0.15, -0.1) is 0 Å². The highest BCUT2D eigenvalue weighted by atomic mass is 15.4. The van der Waals surface area contributed by atoms with E-state index in [1.54, 1.807) is 0 Å². The van der Waals surface area contributed by atoms with Gasteiger partial charge in [-0.05, 0) is 88.0 Å². The minimum atomic E-state index is -0.142. The lowest BCUT2D eigenvalue weighted by Crippen LogP contribution is -2.46. The molecule has 0 spiro atoms. The smallest absolute Gasteiger partial charge is 0.132 e. The first-order valence-electron chi connectivity index (χ1n) is 18.5. The summed E-state index contributed by atoms with van der Waals surface area (Å²) in [5, 5.41) is 6.37. The first-order chi connectivity index (χ1) is 26.0. The van der Waals surface area contributed by atoms with Crippen LogP contribution in [0.3, 0.4) is 0 Å². The number of aliphatic imine (C=N–C) groups is 1. The highest BCUT2D eigenvalue weighted by molar-refractivity contribution is 6.12. The number of rotatable bonds is 5. The predicted octanol–water partition coefficient (Wildman–Crippen LogP) is 11.4. The zero-order valence-corrected chi connectivity index (χ0v) is 30.2. The first-order valence-corrected chi connectivity index (χ1v) is 18.5. The standard InChI is InChI=1S/C49H40N4/c1-49(2)42-25-14-13-24-38(42)39-31-45-41(30-43(39)49)40-29-35(32-16-7-4-8-17-32)26-27-44(40)53(45)37-23-15-22-36(28-37)48-51-46(33-18-9-5-10-19-33)50-47(52(48)3)34-20-11-6-12-21-34/h4-31,47-48H,1-3H3,(H,50,51). The van der Waals surface area contributed by atoms with Gasteiger partial charge < -0.3 is 9.88 Å². The quantitative estimate of drug-likeness (QED) is 0.196. The molecule has 256 valence electrons. The molecule has 1 N–H and O–H groups in total. The average Bonchev–Trinajstić information content (AvgIpc) is 3.65. The number of nitrogens with one attached hydrogen (secondary N) is 1. The molecule has 1 aromatic heterocycles. The molecule has 2 aliphatic rings. The van der Waals surface area contributed by atoms with E-state index >= 15 is 0 Å². The van der Waals surface area contributed by atoms with Crippen molar-refractivity contribution in [3.8, 4) is 27.9 Å². The van der Waals surface area contributed by atoms with E-state index < -0.39 is 0 Å². The minimum Gasteiger partial charge on any atom is -0.350 e. The highest BCUT2D eigenvalue weighted by Gasteiger charge is 2.36. The third-order valence-electron chi connectivity index (χ3n) is 11.5. The van der Waals surface area contributed by atoms with E-state index in [0.717, 1.165) is 17.1 Å². The summed E-state index contributed by atoms with van der Waals surface area (Å²) in [5.74, 6) is 0.898. The predicted molar refractivity (Wildman–Crippen MR) is 220 cm³/mol. The van der Waals surface area contributed by atoms with E-state index in [0.29, 0.717) is 0 Å². The first kappa shape index (κ1) is 31.5. The number of amidine groups is 1. The van der Waals surface area contributed by atoms with Gasteiger partial charge in [0.25, 0.3) is 0 Å². The molecule has 2 unspecified atom stereocenters. The summed E-state index contributed by atoms with van der Waals surface area (Å²) in [6.45, 7) is 4.73. The molecule has 4 heteroatoms. The lowest BCUT2D eigenvalue weighted by molar-refractivity contribution is 0.152. The van der Waals surface area contributed by atoms with Crippen molar-refractivity contribution in [3.63, 3.8) is 0 Å². The Morgan fingerprint density at radius 2 is 1.19 bits per heavy atom. The molecule has 1 aliphatic carbocycles. The topological polar surface area (TPSA) is 32.6 Å². The number of nitrogens with zero attached hydrogens (tertiary/aromatic N) is 3. The second kappa shape index (κ2) is 12.2. The fraction of sp³-hybridized carbons (Fsp3) is 0.122. The van der Waals surface area contributed by atoms with Crippen LogP contribution in [0.15, 0.2) is 175 Å². The number of aromatic nitrogens is 1. The normalized spacial score (nSPS) is 17.7. The molecule has 10 rings (SSSR count). The van der Waals surface area contributed by atoms with E-state index in [1.807, 2.05) is 0 Å². The van der Waals surface area contributed by atoms with Gasteiger partial charge in [0.05, 0.1) is 11.0 Å². The third kappa shape index (κ3) is 5.05. The molecule has 8 aromatic rings. The molecule has 7 aromatic carbocycles. The Kier molecular flexibility index (Phi) is 7.24. The van der Waals surface area contributed by atoms with Crippen molar-refractivity contribution < 1.29 is 0 Å². The van der Waals surface area contributed by atoms with Crippen LogP contribution in [-0.4, -0.2) is 22.4 Å². The van der Waals surface area contributed by atoms with Gasteiger partial charge in [-0.25, -0.2) is 4.99 Å². The van der Waals surface area contributed by atoms with E-state index in [4.69, 9.17) is 4.99 Å². The van der Waals surface area contributed by atoms with Crippen LogP contribution in [-0.2, 0) is 5.41 Å². The summed E-state index contributed by atoms with van der Waals surface area (Å²) >= 11 is 0. The molecule has 0 saturated carbocycles. The lowest BCUT2D eigenvalue weighted by atomic mass is 9.82. The van der Waals surface area contributed by atoms with Crippen LogP contribution in [0.2, 0.25) is 0 Å². The van der Waals surface area contributed by atoms with Gasteiger partial charge in [0.1, 0.15) is 18.2 Å². The Morgan fingerprint density at radius 3 is 1.96 bits per heavy atom. The molecule has 0 fully saturated rings. The summed E-state index contributed by atoms with van der Waals surface area (Å²) in [6.07, 6.45) is -0.250. The van der Waals surface area contributed by atoms with Gasteiger partial charge in [-0.2, -0.15) is 0 Å². The van der Waals surface area contributed by atoms with Crippen LogP contribution in [0.25, 0.3) is 49.7 Å². The Labute approximate surface area is 310 Å². The maximum absolute atomic E-state index is 5.26. The molecule has 0 amide bonds. The number of hydrogen-bond donors (Lipinski definition) is 1. The minimum absolute atomic E-state index is 0.0873. The molecule has 53 heavy (non-hydrogen) atoms. The molecular weight excluding hydrogens is 645 g/mol. The maximum atomic E-state index is 5.26. The van der Waals surface area contributed by atoms with E-state index in [-0.39, 0.29) is 17.7 Å². The van der Waals surface area contributed by atoms with E-state index in [1.165, 1.54) is 66.3 Å². The largest absolute Gasteiger partial charge is 0.350 e. The Balaban J connectivity index is 1.17. The molecule has 2 heterocycles. The van der Waals surface area contributed by atoms with Crippen molar-refractivity contribution in [3.05, 3.63) is 198 Å². The van der Waals surface area contributed by atoms with Crippen LogP contribution >= 0.6 is 0 Å². The van der Waals surface area contributed by atoms with Gasteiger partial charge in [0.2, 0.25) is 0 Å². The summed E-state index contributed by atoms with van der Waals surface area (Å²) in [5.41, 5.74) is 14.8. The molecule has 2 atom stereocenters. The zero-order valence-electron chi connectivity index (χ0n) is 30.2. The van der Waals surface area contributed by atoms with E-state index in [2.05, 4.69) is 206 Å². The summed E-state index contributed by atoms with van der Waals surface area (Å²) < 4.78 is 2.47. The monoisotopic (exact) mass is 684 g/mol. The maximum Gasteiger partial charge on any atom is 0.132 e. The van der Waals surface area contributed by atoms with Crippen molar-refractivity contribution in [2.45, 2.75) is 31.6 Å². The number of benzene rings is 7. The molecule has 0 saturated heterocycles. The summed E-state index contributed by atoms with van der Waals surface area (Å²) in [6, 6.07) is 61.7. The van der Waals surface area contributed by atoms with Crippen molar-refractivity contribution in [1.29, 1.82) is 0 Å². The molecule has 4 nitrogen and oxygen atoms in total. The molecule has 0 radical (unpaired) electrons. The average molecular weight is 685 g/mol. The fourth-order valence-electron chi connectivity index (χ4n) is 8.77. The van der Waals surface area contributed by atoms with Gasteiger partial charge in [0.15, 0.2) is 0 Å². The number of fused-ring (bicyclic) bond motifs is 6. The Morgan fingerprint density at radius 1 is 0.528 bits per heavy atom. The molecule has 1 aliphatic heterocycles. The highest BCUT2D eigenvalue weighted by Crippen LogP contribution is 2.51. The van der Waals surface area contributed by atoms with Gasteiger partial charge in [-0.3, -0.25) is 4.90 Å². The van der Waals surface area contributed by atoms with Crippen LogP contribution in [0.4, 0.5) is 0 Å². The fourth-order valence-corrected chi connectivity index (χ4v) is 8.77. The third-order valence-corrected chi connectivity index (χ3v) is 11.5. The van der Waals surface area contributed by atoms with Crippen molar-refractivity contribution in [2.24, 2.45) is 4.99 Å². The summed E-state index contributed by atoms with van der Waals surface area (Å²) in [7, 11) is 2.17. The summed E-state index contributed by atoms with van der Waals surface area (Å²) in [4.78, 5) is 7.59. The van der Waals surface area contributed by atoms with Crippen LogP contribution < -0.4 is 5.32 Å². The second-order valence-corrected chi connectivity index (χ2v) is 15.0. The van der Waals surface area contributed by atoms with Crippen LogP contribution in [0, 0.1) is 0 Å².